The number of nitrogens with zero attached hydrogens (tertiary/aromatic N) is 2. The van der Waals surface area contributed by atoms with Crippen LogP contribution in [0.5, 0.6) is 0 Å². The Kier molecular flexibility index (Phi) is 4.37. The van der Waals surface area contributed by atoms with Crippen LogP contribution in [0.3, 0.4) is 0 Å². The van der Waals surface area contributed by atoms with Gasteiger partial charge in [0.2, 0.25) is 0 Å². The lowest BCUT2D eigenvalue weighted by molar-refractivity contribution is 0.852. The third kappa shape index (κ3) is 3.23. The van der Waals surface area contributed by atoms with E-state index in [1.54, 1.807) is 6.33 Å². The Morgan fingerprint density at radius 1 is 1.16 bits per heavy atom. The standard InChI is InChI=1S/C14H17BrN4/c1-9(2)12-13(16-3)17-8-18-14(12)19-11-6-4-5-10(15)7-11/h4-9H,1-3H3,(H2,16,17,18,19). The zero-order valence-corrected chi connectivity index (χ0v) is 12.8. The van der Waals surface area contributed by atoms with Crippen LogP contribution in [0.25, 0.3) is 0 Å². The summed E-state index contributed by atoms with van der Waals surface area (Å²) in [4.78, 5) is 8.62. The highest BCUT2D eigenvalue weighted by molar-refractivity contribution is 9.10. The van der Waals surface area contributed by atoms with Crippen molar-refractivity contribution in [2.24, 2.45) is 0 Å². The summed E-state index contributed by atoms with van der Waals surface area (Å²) in [5.74, 6) is 2.04. The maximum atomic E-state index is 4.36. The molecule has 0 atom stereocenters. The normalized spacial score (nSPS) is 10.6. The van der Waals surface area contributed by atoms with Gasteiger partial charge in [-0.05, 0) is 24.1 Å². The average molecular weight is 321 g/mol. The Morgan fingerprint density at radius 3 is 2.53 bits per heavy atom. The van der Waals surface area contributed by atoms with Crippen LogP contribution in [-0.2, 0) is 0 Å². The molecule has 2 rings (SSSR count). The third-order valence-corrected chi connectivity index (χ3v) is 3.28. The number of hydrogen-bond acceptors (Lipinski definition) is 4. The monoisotopic (exact) mass is 320 g/mol. The molecule has 100 valence electrons. The van der Waals surface area contributed by atoms with Gasteiger partial charge in [0, 0.05) is 22.8 Å². The number of hydrogen-bond donors (Lipinski definition) is 2. The van der Waals surface area contributed by atoms with Crippen LogP contribution in [0.4, 0.5) is 17.3 Å². The van der Waals surface area contributed by atoms with E-state index >= 15 is 0 Å². The SMILES string of the molecule is CNc1ncnc(Nc2cccc(Br)c2)c1C(C)C. The van der Waals surface area contributed by atoms with Gasteiger partial charge < -0.3 is 10.6 Å². The molecule has 2 aromatic rings. The summed E-state index contributed by atoms with van der Waals surface area (Å²) in [5.41, 5.74) is 2.09. The van der Waals surface area contributed by atoms with Gasteiger partial charge in [0.05, 0.1) is 0 Å². The first kappa shape index (κ1) is 13.8. The Morgan fingerprint density at radius 2 is 1.89 bits per heavy atom. The summed E-state index contributed by atoms with van der Waals surface area (Å²) in [7, 11) is 1.87. The second kappa shape index (κ2) is 6.02. The average Bonchev–Trinajstić information content (AvgIpc) is 2.38. The lowest BCUT2D eigenvalue weighted by Gasteiger charge is -2.16. The van der Waals surface area contributed by atoms with Gasteiger partial charge in [0.25, 0.3) is 0 Å². The van der Waals surface area contributed by atoms with Gasteiger partial charge in [-0.2, -0.15) is 0 Å². The Balaban J connectivity index is 2.39. The molecule has 0 radical (unpaired) electrons. The molecule has 0 spiro atoms. The van der Waals surface area contributed by atoms with Gasteiger partial charge in [-0.25, -0.2) is 9.97 Å². The fourth-order valence-electron chi connectivity index (χ4n) is 1.94. The highest BCUT2D eigenvalue weighted by atomic mass is 79.9. The summed E-state index contributed by atoms with van der Waals surface area (Å²) in [6.45, 7) is 4.26. The first-order valence-corrected chi connectivity index (χ1v) is 6.96. The Hall–Kier alpha value is -1.62. The van der Waals surface area contributed by atoms with Crippen molar-refractivity contribution in [3.05, 3.63) is 40.6 Å². The van der Waals surface area contributed by atoms with Crippen LogP contribution >= 0.6 is 15.9 Å². The van der Waals surface area contributed by atoms with E-state index in [9.17, 15) is 0 Å². The van der Waals surface area contributed by atoms with Gasteiger partial charge in [0.15, 0.2) is 0 Å². The maximum Gasteiger partial charge on any atom is 0.139 e. The topological polar surface area (TPSA) is 49.8 Å². The predicted octanol–water partition coefficient (Wildman–Crippen LogP) is 4.15. The van der Waals surface area contributed by atoms with Crippen molar-refractivity contribution in [1.29, 1.82) is 0 Å². The van der Waals surface area contributed by atoms with Crippen molar-refractivity contribution >= 4 is 33.3 Å². The molecule has 4 nitrogen and oxygen atoms in total. The lowest BCUT2D eigenvalue weighted by Crippen LogP contribution is -2.06. The predicted molar refractivity (Wildman–Crippen MR) is 83.1 cm³/mol. The van der Waals surface area contributed by atoms with E-state index in [0.29, 0.717) is 5.92 Å². The molecular weight excluding hydrogens is 304 g/mol. The van der Waals surface area contributed by atoms with Crippen LogP contribution in [0.2, 0.25) is 0 Å². The fourth-order valence-corrected chi connectivity index (χ4v) is 2.34. The van der Waals surface area contributed by atoms with Crippen molar-refractivity contribution in [3.63, 3.8) is 0 Å². The molecule has 0 amide bonds. The summed E-state index contributed by atoms with van der Waals surface area (Å²) < 4.78 is 1.03. The van der Waals surface area contributed by atoms with Crippen molar-refractivity contribution in [1.82, 2.24) is 9.97 Å². The van der Waals surface area contributed by atoms with Gasteiger partial charge in [-0.1, -0.05) is 35.8 Å². The summed E-state index contributed by atoms with van der Waals surface area (Å²) in [6.07, 6.45) is 1.57. The van der Waals surface area contributed by atoms with E-state index in [4.69, 9.17) is 0 Å². The number of benzene rings is 1. The van der Waals surface area contributed by atoms with Crippen LogP contribution in [-0.4, -0.2) is 17.0 Å². The smallest absolute Gasteiger partial charge is 0.139 e. The molecule has 19 heavy (non-hydrogen) atoms. The van der Waals surface area contributed by atoms with E-state index in [2.05, 4.69) is 50.4 Å². The van der Waals surface area contributed by atoms with Gasteiger partial charge in [-0.15, -0.1) is 0 Å². The second-order valence-electron chi connectivity index (χ2n) is 4.52. The van der Waals surface area contributed by atoms with E-state index < -0.39 is 0 Å². The molecule has 2 N–H and O–H groups in total. The molecule has 0 aliphatic carbocycles. The highest BCUT2D eigenvalue weighted by Gasteiger charge is 2.14. The first-order valence-electron chi connectivity index (χ1n) is 6.17. The maximum absolute atomic E-state index is 4.36. The fraction of sp³-hybridized carbons (Fsp3) is 0.286. The summed E-state index contributed by atoms with van der Waals surface area (Å²) in [6, 6.07) is 8.01. The molecule has 0 saturated heterocycles. The van der Waals surface area contributed by atoms with Crippen molar-refractivity contribution in [2.75, 3.05) is 17.7 Å². The molecule has 0 saturated carbocycles. The number of anilines is 3. The molecule has 1 heterocycles. The molecule has 0 aliphatic rings. The molecule has 0 fully saturated rings. The lowest BCUT2D eigenvalue weighted by atomic mass is 10.0. The minimum Gasteiger partial charge on any atom is -0.373 e. The van der Waals surface area contributed by atoms with Crippen molar-refractivity contribution in [3.8, 4) is 0 Å². The minimum absolute atomic E-state index is 0.332. The van der Waals surface area contributed by atoms with Crippen LogP contribution in [0.15, 0.2) is 35.1 Å². The quantitative estimate of drug-likeness (QED) is 0.888. The first-order chi connectivity index (χ1) is 9.11. The summed E-state index contributed by atoms with van der Waals surface area (Å²) in [5, 5.41) is 6.46. The van der Waals surface area contributed by atoms with Gasteiger partial charge in [0.1, 0.15) is 18.0 Å². The third-order valence-electron chi connectivity index (χ3n) is 2.79. The molecule has 1 aromatic heterocycles. The summed E-state index contributed by atoms with van der Waals surface area (Å²) >= 11 is 3.47. The van der Waals surface area contributed by atoms with Crippen LogP contribution in [0.1, 0.15) is 25.3 Å². The molecule has 5 heteroatoms. The molecular formula is C14H17BrN4. The zero-order valence-electron chi connectivity index (χ0n) is 11.2. The molecule has 0 unspecified atom stereocenters. The van der Waals surface area contributed by atoms with Crippen molar-refractivity contribution < 1.29 is 0 Å². The molecule has 0 bridgehead atoms. The number of nitrogens with one attached hydrogen (secondary N) is 2. The van der Waals surface area contributed by atoms with Gasteiger partial charge in [-0.3, -0.25) is 0 Å². The number of aromatic nitrogens is 2. The molecule has 0 aliphatic heterocycles. The van der Waals surface area contributed by atoms with Gasteiger partial charge >= 0.3 is 0 Å². The van der Waals surface area contributed by atoms with Crippen LogP contribution in [0, 0.1) is 0 Å². The zero-order chi connectivity index (χ0) is 13.8. The van der Waals surface area contributed by atoms with Crippen molar-refractivity contribution in [2.45, 2.75) is 19.8 Å². The Labute approximate surface area is 121 Å². The van der Waals surface area contributed by atoms with E-state index in [-0.39, 0.29) is 0 Å². The minimum atomic E-state index is 0.332. The van der Waals surface area contributed by atoms with E-state index in [1.807, 2.05) is 31.3 Å². The highest BCUT2D eigenvalue weighted by Crippen LogP contribution is 2.30. The number of halogens is 1. The van der Waals surface area contributed by atoms with E-state index in [1.165, 1.54) is 0 Å². The Bertz CT molecular complexity index is 569. The second-order valence-corrected chi connectivity index (χ2v) is 5.44. The van der Waals surface area contributed by atoms with E-state index in [0.717, 1.165) is 27.4 Å². The number of rotatable bonds is 4. The largest absolute Gasteiger partial charge is 0.373 e. The molecule has 1 aromatic carbocycles. The van der Waals surface area contributed by atoms with Crippen LogP contribution < -0.4 is 10.6 Å².